The molecule has 224 valence electrons. The fourth-order valence-corrected chi connectivity index (χ4v) is 8.10. The molecule has 3 saturated carbocycles. The number of hydrogen-bond acceptors (Lipinski definition) is 5. The first kappa shape index (κ1) is 26.6. The molecule has 6 nitrogen and oxygen atoms in total. The first-order valence-electron chi connectivity index (χ1n) is 16.2. The standard InChI is InChI=1S/C39H37N5O/c1-39(2,3)27-15-18-41-37(20-27)44-33-10-5-4-9-31(33)32-14-13-30(22-35(32)44)45-29-8-6-7-28(21-29)42-24-43(34-16-17-40-23-36(34)42)38-25-11-12-26(38)19-25/h4-10,13-18,20-23,25-26,38H,11-12,19,24H2,1-3H3. The third-order valence-corrected chi connectivity index (χ3v) is 10.4. The summed E-state index contributed by atoms with van der Waals surface area (Å²) in [7, 11) is 0. The van der Waals surface area contributed by atoms with Crippen LogP contribution in [0.5, 0.6) is 11.5 Å². The minimum absolute atomic E-state index is 0.0240. The van der Waals surface area contributed by atoms with Gasteiger partial charge >= 0.3 is 0 Å². The van der Waals surface area contributed by atoms with E-state index < -0.39 is 0 Å². The Bertz CT molecular complexity index is 2080. The molecule has 0 amide bonds. The van der Waals surface area contributed by atoms with Gasteiger partial charge in [0, 0.05) is 47.0 Å². The average Bonchev–Trinajstić information content (AvgIpc) is 3.83. The van der Waals surface area contributed by atoms with Crippen LogP contribution in [-0.4, -0.2) is 27.2 Å². The number of rotatable bonds is 5. The molecular weight excluding hydrogens is 554 g/mol. The Kier molecular flexibility index (Phi) is 5.80. The molecule has 3 aromatic carbocycles. The zero-order chi connectivity index (χ0) is 30.3. The largest absolute Gasteiger partial charge is 0.457 e. The fraction of sp³-hybridized carbons (Fsp3) is 0.282. The van der Waals surface area contributed by atoms with Gasteiger partial charge in [0.25, 0.3) is 0 Å². The van der Waals surface area contributed by atoms with E-state index in [0.29, 0.717) is 6.04 Å². The number of hydrogen-bond donors (Lipinski definition) is 0. The van der Waals surface area contributed by atoms with Gasteiger partial charge in [0.05, 0.1) is 35.3 Å². The van der Waals surface area contributed by atoms with Gasteiger partial charge in [0.1, 0.15) is 17.3 Å². The van der Waals surface area contributed by atoms with Gasteiger partial charge in [0.15, 0.2) is 0 Å². The van der Waals surface area contributed by atoms with E-state index in [2.05, 4.69) is 119 Å². The van der Waals surface area contributed by atoms with E-state index in [9.17, 15) is 0 Å². The van der Waals surface area contributed by atoms with Crippen LogP contribution in [0.1, 0.15) is 45.6 Å². The van der Waals surface area contributed by atoms with Crippen LogP contribution in [-0.2, 0) is 5.41 Å². The smallest absolute Gasteiger partial charge is 0.137 e. The van der Waals surface area contributed by atoms with Gasteiger partial charge in [-0.15, -0.1) is 0 Å². The number of ether oxygens (including phenoxy) is 1. The quantitative estimate of drug-likeness (QED) is 0.200. The van der Waals surface area contributed by atoms with Crippen molar-refractivity contribution in [3.63, 3.8) is 0 Å². The van der Waals surface area contributed by atoms with E-state index in [0.717, 1.165) is 52.5 Å². The molecule has 2 atom stereocenters. The molecular formula is C39H37N5O. The number of pyridine rings is 2. The lowest BCUT2D eigenvalue weighted by atomic mass is 9.77. The zero-order valence-electron chi connectivity index (χ0n) is 26.0. The Morgan fingerprint density at radius 2 is 1.58 bits per heavy atom. The van der Waals surface area contributed by atoms with Gasteiger partial charge < -0.3 is 14.5 Å². The second kappa shape index (κ2) is 9.83. The van der Waals surface area contributed by atoms with E-state index in [-0.39, 0.29) is 5.41 Å². The second-order valence-corrected chi connectivity index (χ2v) is 14.0. The Balaban J connectivity index is 1.07. The molecule has 2 bridgehead atoms. The second-order valence-electron chi connectivity index (χ2n) is 14.0. The van der Waals surface area contributed by atoms with E-state index in [1.807, 2.05) is 24.7 Å². The molecule has 45 heavy (non-hydrogen) atoms. The number of aromatic nitrogens is 3. The van der Waals surface area contributed by atoms with E-state index >= 15 is 0 Å². The van der Waals surface area contributed by atoms with Crippen LogP contribution < -0.4 is 14.5 Å². The average molecular weight is 592 g/mol. The monoisotopic (exact) mass is 591 g/mol. The number of benzene rings is 3. The summed E-state index contributed by atoms with van der Waals surface area (Å²) in [5.41, 5.74) is 7.09. The molecule has 0 saturated heterocycles. The molecule has 0 N–H and O–H groups in total. The minimum Gasteiger partial charge on any atom is -0.457 e. The highest BCUT2D eigenvalue weighted by Crippen LogP contribution is 2.55. The van der Waals surface area contributed by atoms with Gasteiger partial charge in [-0.05, 0) is 90.6 Å². The third kappa shape index (κ3) is 4.22. The number of para-hydroxylation sites is 1. The Morgan fingerprint density at radius 3 is 2.42 bits per heavy atom. The SMILES string of the molecule is CC(C)(C)c1ccnc(-n2c3ccccc3c3ccc(Oc4cccc(N5CN(C6C7CCC6C7)c6ccncc65)c4)cc32)c1. The highest BCUT2D eigenvalue weighted by Gasteiger charge is 2.51. The zero-order valence-corrected chi connectivity index (χ0v) is 26.0. The molecule has 3 aromatic heterocycles. The molecule has 2 unspecified atom stereocenters. The highest BCUT2D eigenvalue weighted by atomic mass is 16.5. The normalized spacial score (nSPS) is 20.6. The maximum Gasteiger partial charge on any atom is 0.137 e. The lowest BCUT2D eigenvalue weighted by molar-refractivity contribution is 0.229. The molecule has 0 spiro atoms. The fourth-order valence-electron chi connectivity index (χ4n) is 8.10. The van der Waals surface area contributed by atoms with Crippen LogP contribution in [0.3, 0.4) is 0 Å². The molecule has 0 radical (unpaired) electrons. The van der Waals surface area contributed by atoms with Crippen molar-refractivity contribution in [2.45, 2.75) is 51.5 Å². The van der Waals surface area contributed by atoms with Crippen molar-refractivity contribution in [2.75, 3.05) is 16.5 Å². The lowest BCUT2D eigenvalue weighted by Gasteiger charge is -2.43. The van der Waals surface area contributed by atoms with Gasteiger partial charge in [-0.25, -0.2) is 4.98 Å². The van der Waals surface area contributed by atoms with E-state index in [4.69, 9.17) is 9.72 Å². The van der Waals surface area contributed by atoms with Gasteiger partial charge in [-0.1, -0.05) is 45.0 Å². The first-order chi connectivity index (χ1) is 21.9. The molecule has 1 aliphatic heterocycles. The number of nitrogens with zero attached hydrogens (tertiary/aromatic N) is 5. The molecule has 3 fully saturated rings. The molecule has 6 heteroatoms. The van der Waals surface area contributed by atoms with Crippen molar-refractivity contribution in [1.82, 2.24) is 14.5 Å². The highest BCUT2D eigenvalue weighted by molar-refractivity contribution is 6.09. The van der Waals surface area contributed by atoms with E-state index in [1.54, 1.807) is 0 Å². The Labute approximate surface area is 263 Å². The summed E-state index contributed by atoms with van der Waals surface area (Å²) in [5.74, 6) is 4.20. The first-order valence-corrected chi connectivity index (χ1v) is 16.2. The Morgan fingerprint density at radius 1 is 0.756 bits per heavy atom. The molecule has 4 aliphatic rings. The molecule has 3 aliphatic carbocycles. The van der Waals surface area contributed by atoms with Crippen molar-refractivity contribution in [3.05, 3.63) is 109 Å². The lowest BCUT2D eigenvalue weighted by Crippen LogP contribution is -2.50. The summed E-state index contributed by atoms with van der Waals surface area (Å²) in [6.45, 7) is 7.58. The van der Waals surface area contributed by atoms with Gasteiger partial charge in [-0.3, -0.25) is 9.55 Å². The summed E-state index contributed by atoms with van der Waals surface area (Å²) in [5, 5.41) is 2.38. The minimum atomic E-state index is 0.0240. The van der Waals surface area contributed by atoms with Crippen molar-refractivity contribution in [2.24, 2.45) is 11.8 Å². The van der Waals surface area contributed by atoms with Crippen LogP contribution in [0.4, 0.5) is 17.1 Å². The summed E-state index contributed by atoms with van der Waals surface area (Å²) >= 11 is 0. The van der Waals surface area contributed by atoms with E-state index in [1.165, 1.54) is 47.0 Å². The van der Waals surface area contributed by atoms with Crippen molar-refractivity contribution >= 4 is 38.9 Å². The van der Waals surface area contributed by atoms with Gasteiger partial charge in [-0.2, -0.15) is 0 Å². The van der Waals surface area contributed by atoms with Crippen LogP contribution in [0, 0.1) is 11.8 Å². The summed E-state index contributed by atoms with van der Waals surface area (Å²) in [6, 6.07) is 30.6. The predicted octanol–water partition coefficient (Wildman–Crippen LogP) is 9.38. The number of fused-ring (bicyclic) bond motifs is 5. The van der Waals surface area contributed by atoms with Crippen molar-refractivity contribution in [1.29, 1.82) is 0 Å². The van der Waals surface area contributed by atoms with Gasteiger partial charge in [0.2, 0.25) is 0 Å². The van der Waals surface area contributed by atoms with Crippen LogP contribution in [0.25, 0.3) is 27.6 Å². The molecule has 4 heterocycles. The summed E-state index contributed by atoms with van der Waals surface area (Å²) in [4.78, 5) is 14.4. The summed E-state index contributed by atoms with van der Waals surface area (Å²) < 4.78 is 8.86. The maximum absolute atomic E-state index is 6.60. The van der Waals surface area contributed by atoms with Crippen molar-refractivity contribution in [3.8, 4) is 17.3 Å². The van der Waals surface area contributed by atoms with Crippen LogP contribution in [0.2, 0.25) is 0 Å². The number of anilines is 3. The topological polar surface area (TPSA) is 46.4 Å². The molecule has 6 aromatic rings. The Hall–Kier alpha value is -4.84. The maximum atomic E-state index is 6.60. The third-order valence-electron chi connectivity index (χ3n) is 10.4. The predicted molar refractivity (Wildman–Crippen MR) is 182 cm³/mol. The molecule has 10 rings (SSSR count). The summed E-state index contributed by atoms with van der Waals surface area (Å²) in [6.07, 6.45) is 10.0. The van der Waals surface area contributed by atoms with Crippen LogP contribution in [0.15, 0.2) is 104 Å². The van der Waals surface area contributed by atoms with Crippen LogP contribution >= 0.6 is 0 Å². The van der Waals surface area contributed by atoms with Crippen molar-refractivity contribution < 1.29 is 4.74 Å².